The Morgan fingerprint density at radius 1 is 1.44 bits per heavy atom. The Morgan fingerprint density at radius 2 is 2.12 bits per heavy atom. The molecule has 1 saturated heterocycles. The zero-order valence-corrected chi connectivity index (χ0v) is 10.3. The van der Waals surface area contributed by atoms with Crippen LogP contribution in [0, 0.1) is 0 Å². The fraction of sp³-hybridized carbons (Fsp3) is 0.273. The highest BCUT2D eigenvalue weighted by atomic mass is 35.5. The van der Waals surface area contributed by atoms with Crippen LogP contribution in [0.25, 0.3) is 0 Å². The molecule has 2 rings (SSSR count). The molecule has 1 N–H and O–H groups in total. The molecule has 0 aromatic heterocycles. The summed E-state index contributed by atoms with van der Waals surface area (Å²) in [6.07, 6.45) is 0.816. The van der Waals surface area contributed by atoms with Crippen LogP contribution >= 0.6 is 23.4 Å². The molecule has 84 valence electrons. The number of amides is 1. The summed E-state index contributed by atoms with van der Waals surface area (Å²) in [4.78, 5) is 15.8. The summed E-state index contributed by atoms with van der Waals surface area (Å²) in [5, 5.41) is 4.10. The number of halogens is 1. The number of aliphatic imine (C=N–C) groups is 1. The van der Waals surface area contributed by atoms with Crippen LogP contribution < -0.4 is 5.32 Å². The van der Waals surface area contributed by atoms with E-state index in [1.54, 1.807) is 12.1 Å². The average molecular weight is 255 g/mol. The minimum atomic E-state index is -0.00829. The van der Waals surface area contributed by atoms with Gasteiger partial charge in [0, 0.05) is 5.02 Å². The van der Waals surface area contributed by atoms with Gasteiger partial charge in [0.15, 0.2) is 5.17 Å². The Kier molecular flexibility index (Phi) is 3.51. The molecule has 3 nitrogen and oxygen atoms in total. The van der Waals surface area contributed by atoms with Gasteiger partial charge in [-0.05, 0) is 30.7 Å². The molecule has 1 aliphatic rings. The standard InChI is InChI=1S/C11H11ClN2OS/c1-2-9-10(15)14-11(16-9)13-8-5-3-7(12)4-6-8/h3-6,9H,2H2,1H3,(H,13,14,15). The Hall–Kier alpha value is -1.00. The number of hydrogen-bond donors (Lipinski definition) is 1. The van der Waals surface area contributed by atoms with Gasteiger partial charge >= 0.3 is 0 Å². The van der Waals surface area contributed by atoms with E-state index in [-0.39, 0.29) is 11.2 Å². The first kappa shape index (κ1) is 11.5. The van der Waals surface area contributed by atoms with Crippen molar-refractivity contribution in [3.05, 3.63) is 29.3 Å². The largest absolute Gasteiger partial charge is 0.304 e. The van der Waals surface area contributed by atoms with Crippen molar-refractivity contribution in [2.24, 2.45) is 4.99 Å². The maximum atomic E-state index is 11.4. The van der Waals surface area contributed by atoms with Gasteiger partial charge in [-0.3, -0.25) is 4.79 Å². The van der Waals surface area contributed by atoms with Crippen molar-refractivity contribution in [2.75, 3.05) is 0 Å². The van der Waals surface area contributed by atoms with Gasteiger partial charge in [0.1, 0.15) is 0 Å². The number of carbonyl (C=O) groups excluding carboxylic acids is 1. The first-order valence-electron chi connectivity index (χ1n) is 5.01. The third kappa shape index (κ3) is 2.57. The Labute approximate surface area is 103 Å². The molecular weight excluding hydrogens is 244 g/mol. The van der Waals surface area contributed by atoms with Crippen LogP contribution in [0.3, 0.4) is 0 Å². The first-order chi connectivity index (χ1) is 7.69. The molecule has 1 aromatic rings. The molecule has 5 heteroatoms. The van der Waals surface area contributed by atoms with Crippen LogP contribution in [-0.4, -0.2) is 16.3 Å². The highest BCUT2D eigenvalue weighted by Gasteiger charge is 2.28. The first-order valence-corrected chi connectivity index (χ1v) is 6.26. The summed E-state index contributed by atoms with van der Waals surface area (Å²) in [5.41, 5.74) is 0.795. The van der Waals surface area contributed by atoms with Gasteiger partial charge in [0.05, 0.1) is 10.9 Å². The van der Waals surface area contributed by atoms with E-state index in [0.29, 0.717) is 10.2 Å². The number of hydrogen-bond acceptors (Lipinski definition) is 3. The van der Waals surface area contributed by atoms with Crippen molar-refractivity contribution < 1.29 is 4.79 Å². The maximum absolute atomic E-state index is 11.4. The second-order valence-corrected chi connectivity index (χ2v) is 5.03. The van der Waals surface area contributed by atoms with Crippen molar-refractivity contribution >= 4 is 40.1 Å². The van der Waals surface area contributed by atoms with Crippen LogP contribution in [-0.2, 0) is 4.79 Å². The van der Waals surface area contributed by atoms with E-state index >= 15 is 0 Å². The zero-order valence-electron chi connectivity index (χ0n) is 8.74. The van der Waals surface area contributed by atoms with E-state index < -0.39 is 0 Å². The number of rotatable bonds is 2. The monoisotopic (exact) mass is 254 g/mol. The number of amidine groups is 1. The van der Waals surface area contributed by atoms with Crippen molar-refractivity contribution in [3.63, 3.8) is 0 Å². The van der Waals surface area contributed by atoms with E-state index in [0.717, 1.165) is 12.1 Å². The van der Waals surface area contributed by atoms with Crippen molar-refractivity contribution in [1.29, 1.82) is 0 Å². The Bertz CT molecular complexity index is 430. The molecule has 0 aliphatic carbocycles. The van der Waals surface area contributed by atoms with Crippen LogP contribution in [0.15, 0.2) is 29.3 Å². The molecule has 0 spiro atoms. The molecule has 0 bridgehead atoms. The lowest BCUT2D eigenvalue weighted by Crippen LogP contribution is -2.24. The van der Waals surface area contributed by atoms with Crippen molar-refractivity contribution in [3.8, 4) is 0 Å². The van der Waals surface area contributed by atoms with Gasteiger partial charge in [-0.2, -0.15) is 0 Å². The van der Waals surface area contributed by atoms with E-state index in [4.69, 9.17) is 11.6 Å². The smallest absolute Gasteiger partial charge is 0.239 e. The molecule has 1 fully saturated rings. The quantitative estimate of drug-likeness (QED) is 0.882. The van der Waals surface area contributed by atoms with Crippen LogP contribution in [0.1, 0.15) is 13.3 Å². The molecular formula is C11H11ClN2OS. The Morgan fingerprint density at radius 3 is 2.69 bits per heavy atom. The molecule has 1 atom stereocenters. The number of nitrogens with zero attached hydrogens (tertiary/aromatic N) is 1. The molecule has 1 amide bonds. The summed E-state index contributed by atoms with van der Waals surface area (Å²) >= 11 is 7.25. The third-order valence-corrected chi connectivity index (χ3v) is 3.71. The number of carbonyl (C=O) groups is 1. The molecule has 1 unspecified atom stereocenters. The van der Waals surface area contributed by atoms with Gasteiger partial charge in [-0.15, -0.1) is 0 Å². The number of benzene rings is 1. The van der Waals surface area contributed by atoms with Gasteiger partial charge in [0.2, 0.25) is 5.91 Å². The van der Waals surface area contributed by atoms with Gasteiger partial charge in [-0.25, -0.2) is 4.99 Å². The third-order valence-electron chi connectivity index (χ3n) is 2.20. The molecule has 1 aliphatic heterocycles. The fourth-order valence-corrected chi connectivity index (χ4v) is 2.41. The molecule has 16 heavy (non-hydrogen) atoms. The molecule has 1 heterocycles. The van der Waals surface area contributed by atoms with E-state index in [1.807, 2.05) is 19.1 Å². The molecule has 1 aromatic carbocycles. The van der Waals surface area contributed by atoms with E-state index in [9.17, 15) is 4.79 Å². The highest BCUT2D eigenvalue weighted by molar-refractivity contribution is 8.15. The lowest BCUT2D eigenvalue weighted by Gasteiger charge is -1.97. The van der Waals surface area contributed by atoms with Crippen LogP contribution in [0.5, 0.6) is 0 Å². The second kappa shape index (κ2) is 4.89. The second-order valence-electron chi connectivity index (χ2n) is 3.40. The number of thioether (sulfide) groups is 1. The maximum Gasteiger partial charge on any atom is 0.239 e. The van der Waals surface area contributed by atoms with Crippen LogP contribution in [0.2, 0.25) is 5.02 Å². The van der Waals surface area contributed by atoms with Crippen LogP contribution in [0.4, 0.5) is 5.69 Å². The predicted molar refractivity (Wildman–Crippen MR) is 68.4 cm³/mol. The Balaban J connectivity index is 2.14. The molecule has 0 radical (unpaired) electrons. The summed E-state index contributed by atoms with van der Waals surface area (Å²) in [5.74, 6) is 0.0419. The van der Waals surface area contributed by atoms with Gasteiger partial charge in [-0.1, -0.05) is 30.3 Å². The molecule has 0 saturated carbocycles. The van der Waals surface area contributed by atoms with Gasteiger partial charge < -0.3 is 5.32 Å². The zero-order chi connectivity index (χ0) is 11.5. The summed E-state index contributed by atoms with van der Waals surface area (Å²) in [6, 6.07) is 7.20. The minimum absolute atomic E-state index is 0.00829. The summed E-state index contributed by atoms with van der Waals surface area (Å²) in [7, 11) is 0. The van der Waals surface area contributed by atoms with Crippen molar-refractivity contribution in [1.82, 2.24) is 5.32 Å². The van der Waals surface area contributed by atoms with Gasteiger partial charge in [0.25, 0.3) is 0 Å². The van der Waals surface area contributed by atoms with E-state index in [2.05, 4.69) is 10.3 Å². The average Bonchev–Trinajstić information content (AvgIpc) is 2.62. The fourth-order valence-electron chi connectivity index (χ4n) is 1.36. The predicted octanol–water partition coefficient (Wildman–Crippen LogP) is 2.97. The summed E-state index contributed by atoms with van der Waals surface area (Å²) < 4.78 is 0. The van der Waals surface area contributed by atoms with Crippen molar-refractivity contribution in [2.45, 2.75) is 18.6 Å². The lowest BCUT2D eigenvalue weighted by molar-refractivity contribution is -0.118. The van der Waals surface area contributed by atoms with E-state index in [1.165, 1.54) is 11.8 Å². The summed E-state index contributed by atoms with van der Waals surface area (Å²) in [6.45, 7) is 1.99. The lowest BCUT2D eigenvalue weighted by atomic mass is 10.3. The number of nitrogens with one attached hydrogen (secondary N) is 1. The topological polar surface area (TPSA) is 41.5 Å². The highest BCUT2D eigenvalue weighted by Crippen LogP contribution is 2.25. The normalized spacial score (nSPS) is 22.5. The minimum Gasteiger partial charge on any atom is -0.304 e. The SMILES string of the molecule is CCC1SC(=Nc2ccc(Cl)cc2)NC1=O.